The highest BCUT2D eigenvalue weighted by molar-refractivity contribution is 7.07. The smallest absolute Gasteiger partial charge is 0.338 e. The van der Waals surface area contributed by atoms with Crippen molar-refractivity contribution < 1.29 is 28.5 Å². The predicted octanol–water partition coefficient (Wildman–Crippen LogP) is 5.16. The maximum atomic E-state index is 14.0. The van der Waals surface area contributed by atoms with Gasteiger partial charge in [0.1, 0.15) is 6.61 Å². The fourth-order valence-corrected chi connectivity index (χ4v) is 6.35. The molecule has 0 bridgehead atoms. The molecule has 1 unspecified atom stereocenters. The second-order valence-electron chi connectivity index (χ2n) is 9.93. The number of thiazole rings is 1. The van der Waals surface area contributed by atoms with Crippen LogP contribution in [0.15, 0.2) is 81.7 Å². The van der Waals surface area contributed by atoms with E-state index in [9.17, 15) is 9.59 Å². The zero-order valence-electron chi connectivity index (χ0n) is 24.3. The zero-order chi connectivity index (χ0) is 30.8. The van der Waals surface area contributed by atoms with Gasteiger partial charge in [-0.25, -0.2) is 9.79 Å². The summed E-state index contributed by atoms with van der Waals surface area (Å²) in [5.74, 6) is 1.72. The lowest BCUT2D eigenvalue weighted by atomic mass is 9.95. The lowest BCUT2D eigenvalue weighted by Gasteiger charge is -2.24. The number of aromatic nitrogens is 1. The summed E-state index contributed by atoms with van der Waals surface area (Å²) < 4.78 is 30.4. The summed E-state index contributed by atoms with van der Waals surface area (Å²) >= 11 is 7.54. The van der Waals surface area contributed by atoms with Crippen LogP contribution in [0.5, 0.6) is 23.0 Å². The molecule has 2 aliphatic rings. The van der Waals surface area contributed by atoms with Crippen LogP contribution < -0.4 is 33.8 Å². The molecule has 6 rings (SSSR count). The molecule has 226 valence electrons. The second kappa shape index (κ2) is 12.6. The minimum absolute atomic E-state index is 0.106. The Morgan fingerprint density at radius 3 is 2.66 bits per heavy atom. The number of carbonyl (C=O) groups is 1. The number of nitrogens with zero attached hydrogens (tertiary/aromatic N) is 2. The normalized spacial score (nSPS) is 15.5. The third kappa shape index (κ3) is 5.70. The first kappa shape index (κ1) is 29.5. The Balaban J connectivity index is 1.40. The summed E-state index contributed by atoms with van der Waals surface area (Å²) in [4.78, 5) is 32.3. The van der Waals surface area contributed by atoms with E-state index < -0.39 is 12.0 Å². The quantitative estimate of drug-likeness (QED) is 0.235. The lowest BCUT2D eigenvalue weighted by Crippen LogP contribution is -2.39. The third-order valence-corrected chi connectivity index (χ3v) is 8.49. The van der Waals surface area contributed by atoms with Crippen LogP contribution in [0.25, 0.3) is 6.08 Å². The molecule has 44 heavy (non-hydrogen) atoms. The maximum absolute atomic E-state index is 14.0. The van der Waals surface area contributed by atoms with Crippen LogP contribution >= 0.6 is 22.9 Å². The first-order valence-corrected chi connectivity index (χ1v) is 15.3. The van der Waals surface area contributed by atoms with Gasteiger partial charge in [0.25, 0.3) is 5.56 Å². The van der Waals surface area contributed by atoms with Gasteiger partial charge < -0.3 is 23.7 Å². The van der Waals surface area contributed by atoms with Gasteiger partial charge in [0, 0.05) is 10.6 Å². The molecule has 0 radical (unpaired) electrons. The van der Waals surface area contributed by atoms with E-state index in [0.717, 1.165) is 11.1 Å². The average Bonchev–Trinajstić information content (AvgIpc) is 3.60. The van der Waals surface area contributed by atoms with Gasteiger partial charge in [0.2, 0.25) is 6.79 Å². The Morgan fingerprint density at radius 1 is 1.05 bits per heavy atom. The van der Waals surface area contributed by atoms with Crippen molar-refractivity contribution in [3.8, 4) is 23.0 Å². The summed E-state index contributed by atoms with van der Waals surface area (Å²) in [6.45, 7) is 6.38. The largest absolute Gasteiger partial charge is 0.490 e. The molecule has 0 amide bonds. The molecule has 9 nitrogen and oxygen atoms in total. The summed E-state index contributed by atoms with van der Waals surface area (Å²) in [6.07, 6.45) is 1.78. The van der Waals surface area contributed by atoms with E-state index in [0.29, 0.717) is 60.8 Å². The summed E-state index contributed by atoms with van der Waals surface area (Å²) in [5, 5.41) is 0.623. The monoisotopic (exact) mass is 632 g/mol. The zero-order valence-corrected chi connectivity index (χ0v) is 25.9. The lowest BCUT2D eigenvalue weighted by molar-refractivity contribution is -0.139. The van der Waals surface area contributed by atoms with Gasteiger partial charge >= 0.3 is 5.97 Å². The Labute approximate surface area is 262 Å². The molecule has 0 N–H and O–H groups in total. The molecule has 0 aliphatic carbocycles. The molecular formula is C33H29ClN2O7S. The molecule has 2 aliphatic heterocycles. The van der Waals surface area contributed by atoms with Gasteiger partial charge in [-0.1, -0.05) is 53.3 Å². The molecule has 3 aromatic carbocycles. The average molecular weight is 633 g/mol. The van der Waals surface area contributed by atoms with E-state index in [-0.39, 0.29) is 25.6 Å². The number of benzene rings is 3. The number of esters is 1. The van der Waals surface area contributed by atoms with Crippen LogP contribution in [-0.2, 0) is 16.1 Å². The topological polar surface area (TPSA) is 97.6 Å². The fraction of sp³-hybridized carbons (Fsp3) is 0.242. The van der Waals surface area contributed by atoms with Crippen molar-refractivity contribution in [1.29, 1.82) is 0 Å². The van der Waals surface area contributed by atoms with Gasteiger partial charge in [0.15, 0.2) is 27.8 Å². The van der Waals surface area contributed by atoms with Crippen molar-refractivity contribution in [2.45, 2.75) is 33.4 Å². The molecule has 0 spiro atoms. The molecule has 1 aromatic heterocycles. The van der Waals surface area contributed by atoms with Crippen LogP contribution in [-0.4, -0.2) is 30.5 Å². The number of carbonyl (C=O) groups excluding carboxylic acids is 1. The van der Waals surface area contributed by atoms with Gasteiger partial charge in [-0.3, -0.25) is 9.36 Å². The maximum Gasteiger partial charge on any atom is 0.338 e. The number of allylic oxidation sites excluding steroid dienone is 1. The Morgan fingerprint density at radius 2 is 1.86 bits per heavy atom. The first-order valence-electron chi connectivity index (χ1n) is 14.1. The van der Waals surface area contributed by atoms with Crippen molar-refractivity contribution in [3.63, 3.8) is 0 Å². The van der Waals surface area contributed by atoms with Crippen molar-refractivity contribution in [3.05, 3.63) is 113 Å². The van der Waals surface area contributed by atoms with Crippen molar-refractivity contribution in [2.24, 2.45) is 4.99 Å². The van der Waals surface area contributed by atoms with E-state index >= 15 is 0 Å². The van der Waals surface area contributed by atoms with E-state index in [2.05, 4.69) is 4.99 Å². The van der Waals surface area contributed by atoms with Crippen molar-refractivity contribution >= 4 is 35.0 Å². The Bertz CT molecular complexity index is 1960. The Kier molecular flexibility index (Phi) is 8.45. The van der Waals surface area contributed by atoms with Gasteiger partial charge in [0.05, 0.1) is 35.1 Å². The molecule has 0 saturated carbocycles. The molecule has 4 aromatic rings. The van der Waals surface area contributed by atoms with E-state index in [4.69, 9.17) is 35.3 Å². The van der Waals surface area contributed by atoms with Crippen LogP contribution in [0.4, 0.5) is 0 Å². The SMILES string of the molecule is CCOC(=O)C1=C(C)N=c2s/c(=C\c3ccc(OCc4ccccc4Cl)c(OCC)c3)c(=O)n2C1c1ccc2c(c1)OCO2. The number of fused-ring (bicyclic) bond motifs is 2. The molecule has 11 heteroatoms. The van der Waals surface area contributed by atoms with Crippen LogP contribution in [0.3, 0.4) is 0 Å². The van der Waals surface area contributed by atoms with Crippen molar-refractivity contribution in [1.82, 2.24) is 4.57 Å². The molecule has 3 heterocycles. The van der Waals surface area contributed by atoms with Crippen LogP contribution in [0.1, 0.15) is 43.5 Å². The number of rotatable bonds is 9. The second-order valence-corrected chi connectivity index (χ2v) is 11.4. The highest BCUT2D eigenvalue weighted by atomic mass is 35.5. The molecular weight excluding hydrogens is 604 g/mol. The fourth-order valence-electron chi connectivity index (χ4n) is 5.11. The summed E-state index contributed by atoms with van der Waals surface area (Å²) in [7, 11) is 0. The highest BCUT2D eigenvalue weighted by Crippen LogP contribution is 2.38. The van der Waals surface area contributed by atoms with Gasteiger partial charge in [-0.05, 0) is 68.3 Å². The highest BCUT2D eigenvalue weighted by Gasteiger charge is 2.34. The van der Waals surface area contributed by atoms with Crippen LogP contribution in [0.2, 0.25) is 5.02 Å². The first-order chi connectivity index (χ1) is 21.4. The van der Waals surface area contributed by atoms with E-state index in [1.807, 2.05) is 55.5 Å². The molecule has 0 fully saturated rings. The minimum Gasteiger partial charge on any atom is -0.490 e. The molecule has 0 saturated heterocycles. The van der Waals surface area contributed by atoms with Crippen LogP contribution in [0, 0.1) is 0 Å². The molecule has 1 atom stereocenters. The number of ether oxygens (including phenoxy) is 5. The van der Waals surface area contributed by atoms with Gasteiger partial charge in [-0.15, -0.1) is 0 Å². The number of halogens is 1. The third-order valence-electron chi connectivity index (χ3n) is 7.14. The standard InChI is InChI=1S/C33H29ClN2O7S/c1-4-39-26-14-20(10-12-24(26)41-17-22-8-6-7-9-23(22)34)15-28-31(37)36-30(21-11-13-25-27(16-21)43-18-42-25)29(32(38)40-5-2)19(3)35-33(36)44-28/h6-16,30H,4-5,17-18H2,1-3H3/b28-15-. The number of hydrogen-bond donors (Lipinski definition) is 0. The van der Waals surface area contributed by atoms with Gasteiger partial charge in [-0.2, -0.15) is 0 Å². The number of hydrogen-bond acceptors (Lipinski definition) is 9. The van der Waals surface area contributed by atoms with E-state index in [1.54, 1.807) is 32.1 Å². The van der Waals surface area contributed by atoms with E-state index in [1.165, 1.54) is 15.9 Å². The van der Waals surface area contributed by atoms with Crippen molar-refractivity contribution in [2.75, 3.05) is 20.0 Å². The Hall–Kier alpha value is -4.54. The minimum atomic E-state index is -0.762. The predicted molar refractivity (Wildman–Crippen MR) is 166 cm³/mol. The summed E-state index contributed by atoms with van der Waals surface area (Å²) in [6, 6.07) is 17.6. The summed E-state index contributed by atoms with van der Waals surface area (Å²) in [5.41, 5.74) is 2.77.